The highest BCUT2D eigenvalue weighted by Crippen LogP contribution is 2.26. The van der Waals surface area contributed by atoms with E-state index < -0.39 is 0 Å². The van der Waals surface area contributed by atoms with Crippen molar-refractivity contribution in [3.05, 3.63) is 48.0 Å². The van der Waals surface area contributed by atoms with Gasteiger partial charge in [0.05, 0.1) is 0 Å². The second kappa shape index (κ2) is 3.78. The van der Waals surface area contributed by atoms with Crippen LogP contribution >= 0.6 is 0 Å². The van der Waals surface area contributed by atoms with E-state index >= 15 is 0 Å². The Hall–Kier alpha value is -1.04. The van der Waals surface area contributed by atoms with Crippen LogP contribution in [-0.2, 0) is 6.42 Å². The van der Waals surface area contributed by atoms with E-state index in [1.165, 1.54) is 11.1 Å². The number of allylic oxidation sites excluding steroid dienone is 1. The zero-order valence-corrected chi connectivity index (χ0v) is 8.80. The summed E-state index contributed by atoms with van der Waals surface area (Å²) < 4.78 is 0. The van der Waals surface area contributed by atoms with E-state index in [0.29, 0.717) is 0 Å². The fourth-order valence-electron chi connectivity index (χ4n) is 1.11. The van der Waals surface area contributed by atoms with Gasteiger partial charge in [0.15, 0.2) is 0 Å². The summed E-state index contributed by atoms with van der Waals surface area (Å²) in [4.78, 5) is 0. The topological polar surface area (TPSA) is 0 Å². The lowest BCUT2D eigenvalue weighted by atomic mass is 9.84. The van der Waals surface area contributed by atoms with Crippen molar-refractivity contribution in [2.45, 2.75) is 27.2 Å². The first kappa shape index (κ1) is 10.0. The molecule has 0 bridgehead atoms. The van der Waals surface area contributed by atoms with Crippen LogP contribution in [0.15, 0.2) is 42.5 Å². The average Bonchev–Trinajstić information content (AvgIpc) is 2.04. The molecule has 0 heteroatoms. The van der Waals surface area contributed by atoms with Crippen LogP contribution in [0.1, 0.15) is 26.3 Å². The summed E-state index contributed by atoms with van der Waals surface area (Å²) in [5, 5.41) is 0. The Bertz CT molecular complexity index is 275. The van der Waals surface area contributed by atoms with Crippen molar-refractivity contribution in [2.75, 3.05) is 0 Å². The zero-order valence-electron chi connectivity index (χ0n) is 8.80. The number of hydrogen-bond donors (Lipinski definition) is 0. The molecule has 0 spiro atoms. The molecule has 1 aromatic carbocycles. The van der Waals surface area contributed by atoms with Gasteiger partial charge in [-0.1, -0.05) is 63.3 Å². The Morgan fingerprint density at radius 3 is 2.15 bits per heavy atom. The van der Waals surface area contributed by atoms with Crippen LogP contribution in [0.25, 0.3) is 0 Å². The van der Waals surface area contributed by atoms with Crippen molar-refractivity contribution in [3.8, 4) is 0 Å². The van der Waals surface area contributed by atoms with Gasteiger partial charge in [0.2, 0.25) is 0 Å². The first-order chi connectivity index (χ1) is 6.00. The van der Waals surface area contributed by atoms with E-state index in [1.54, 1.807) is 0 Å². The van der Waals surface area contributed by atoms with Crippen LogP contribution in [0, 0.1) is 5.41 Å². The molecule has 0 atom stereocenters. The minimum Gasteiger partial charge on any atom is -0.0990 e. The highest BCUT2D eigenvalue weighted by molar-refractivity contribution is 5.22. The number of hydrogen-bond acceptors (Lipinski definition) is 0. The largest absolute Gasteiger partial charge is 0.0990 e. The number of benzene rings is 1. The molecule has 1 rings (SSSR count). The second-order valence-electron chi connectivity index (χ2n) is 4.52. The van der Waals surface area contributed by atoms with E-state index in [2.05, 4.69) is 51.6 Å². The van der Waals surface area contributed by atoms with Crippen LogP contribution < -0.4 is 0 Å². The standard InChI is InChI=1S/C13H18/c1-11(13(2,3)4)10-12-8-6-5-7-9-12/h5-9H,1,10H2,2-4H3. The lowest BCUT2D eigenvalue weighted by molar-refractivity contribution is 0.494. The lowest BCUT2D eigenvalue weighted by Gasteiger charge is -2.21. The van der Waals surface area contributed by atoms with E-state index in [1.807, 2.05) is 6.07 Å². The molecule has 0 N–H and O–H groups in total. The van der Waals surface area contributed by atoms with Crippen molar-refractivity contribution >= 4 is 0 Å². The minimum absolute atomic E-state index is 0.218. The highest BCUT2D eigenvalue weighted by Gasteiger charge is 2.14. The third kappa shape index (κ3) is 3.06. The third-order valence-electron chi connectivity index (χ3n) is 2.32. The maximum atomic E-state index is 4.12. The maximum Gasteiger partial charge on any atom is -0.00646 e. The predicted octanol–water partition coefficient (Wildman–Crippen LogP) is 3.83. The normalized spacial score (nSPS) is 11.3. The van der Waals surface area contributed by atoms with Crippen molar-refractivity contribution < 1.29 is 0 Å². The number of rotatable bonds is 2. The van der Waals surface area contributed by atoms with E-state index in [-0.39, 0.29) is 5.41 Å². The molecule has 13 heavy (non-hydrogen) atoms. The Labute approximate surface area is 81.3 Å². The SMILES string of the molecule is C=C(Cc1ccccc1)C(C)(C)C. The van der Waals surface area contributed by atoms with Gasteiger partial charge in [0.1, 0.15) is 0 Å². The summed E-state index contributed by atoms with van der Waals surface area (Å²) in [6, 6.07) is 10.5. The van der Waals surface area contributed by atoms with Gasteiger partial charge in [-0.15, -0.1) is 0 Å². The summed E-state index contributed by atoms with van der Waals surface area (Å²) in [5.41, 5.74) is 2.86. The monoisotopic (exact) mass is 174 g/mol. The average molecular weight is 174 g/mol. The Morgan fingerprint density at radius 2 is 1.69 bits per heavy atom. The Morgan fingerprint density at radius 1 is 1.15 bits per heavy atom. The van der Waals surface area contributed by atoms with Crippen molar-refractivity contribution in [3.63, 3.8) is 0 Å². The molecule has 0 aliphatic rings. The molecule has 0 unspecified atom stereocenters. The first-order valence-electron chi connectivity index (χ1n) is 4.72. The van der Waals surface area contributed by atoms with Gasteiger partial charge in [-0.05, 0) is 17.4 Å². The van der Waals surface area contributed by atoms with E-state index in [0.717, 1.165) is 6.42 Å². The van der Waals surface area contributed by atoms with Gasteiger partial charge in [-0.3, -0.25) is 0 Å². The Kier molecular flexibility index (Phi) is 2.92. The maximum absolute atomic E-state index is 4.12. The molecule has 1 aromatic rings. The minimum atomic E-state index is 0.218. The fraction of sp³-hybridized carbons (Fsp3) is 0.385. The fourth-order valence-corrected chi connectivity index (χ4v) is 1.11. The summed E-state index contributed by atoms with van der Waals surface area (Å²) in [6.45, 7) is 10.7. The molecular formula is C13H18. The van der Waals surface area contributed by atoms with Crippen molar-refractivity contribution in [1.82, 2.24) is 0 Å². The third-order valence-corrected chi connectivity index (χ3v) is 2.32. The molecule has 0 saturated heterocycles. The molecular weight excluding hydrogens is 156 g/mol. The molecule has 0 amide bonds. The molecule has 0 heterocycles. The van der Waals surface area contributed by atoms with Gasteiger partial charge >= 0.3 is 0 Å². The quantitative estimate of drug-likeness (QED) is 0.598. The molecule has 0 nitrogen and oxygen atoms in total. The van der Waals surface area contributed by atoms with E-state index in [4.69, 9.17) is 0 Å². The van der Waals surface area contributed by atoms with E-state index in [9.17, 15) is 0 Å². The summed E-state index contributed by atoms with van der Waals surface area (Å²) in [7, 11) is 0. The second-order valence-corrected chi connectivity index (χ2v) is 4.52. The smallest absolute Gasteiger partial charge is 0.00646 e. The van der Waals surface area contributed by atoms with Crippen LogP contribution in [0.3, 0.4) is 0 Å². The van der Waals surface area contributed by atoms with Gasteiger partial charge < -0.3 is 0 Å². The molecule has 0 aromatic heterocycles. The van der Waals surface area contributed by atoms with Crippen molar-refractivity contribution in [2.24, 2.45) is 5.41 Å². The van der Waals surface area contributed by atoms with Gasteiger partial charge in [0.25, 0.3) is 0 Å². The van der Waals surface area contributed by atoms with Crippen molar-refractivity contribution in [1.29, 1.82) is 0 Å². The molecule has 70 valence electrons. The summed E-state index contributed by atoms with van der Waals surface area (Å²) in [5.74, 6) is 0. The Balaban J connectivity index is 2.66. The van der Waals surface area contributed by atoms with Gasteiger partial charge in [-0.2, -0.15) is 0 Å². The molecule has 0 saturated carbocycles. The molecule has 0 aliphatic carbocycles. The van der Waals surface area contributed by atoms with Crippen LogP contribution in [0.4, 0.5) is 0 Å². The molecule has 0 aliphatic heterocycles. The lowest BCUT2D eigenvalue weighted by Crippen LogP contribution is -2.10. The molecule has 0 fully saturated rings. The molecule has 0 radical (unpaired) electrons. The zero-order chi connectivity index (χ0) is 9.90. The van der Waals surface area contributed by atoms with Crippen LogP contribution in [0.5, 0.6) is 0 Å². The predicted molar refractivity (Wildman–Crippen MR) is 58.7 cm³/mol. The first-order valence-corrected chi connectivity index (χ1v) is 4.72. The van der Waals surface area contributed by atoms with Gasteiger partial charge in [-0.25, -0.2) is 0 Å². The van der Waals surface area contributed by atoms with Crippen LogP contribution in [0.2, 0.25) is 0 Å². The summed E-state index contributed by atoms with van der Waals surface area (Å²) >= 11 is 0. The van der Waals surface area contributed by atoms with Gasteiger partial charge in [0, 0.05) is 0 Å². The summed E-state index contributed by atoms with van der Waals surface area (Å²) in [6.07, 6.45) is 0.990. The van der Waals surface area contributed by atoms with Crippen LogP contribution in [-0.4, -0.2) is 0 Å². The highest BCUT2D eigenvalue weighted by atomic mass is 14.2.